The van der Waals surface area contributed by atoms with Crippen LogP contribution >= 0.6 is 11.8 Å². The third kappa shape index (κ3) is 10.4. The average molecular weight is 786 g/mol. The van der Waals surface area contributed by atoms with Crippen molar-refractivity contribution in [2.45, 2.75) is 180 Å². The number of Topliss-reactive ketones (excluding diaryl/α,β-unsaturated/α-hetero) is 1. The number of carbonyl (C=O) groups excluding carboxylic acids is 5. The number of ketones is 1. The number of rotatable bonds is 11. The van der Waals surface area contributed by atoms with E-state index in [1.807, 2.05) is 18.4 Å². The van der Waals surface area contributed by atoms with E-state index in [9.17, 15) is 24.0 Å². The van der Waals surface area contributed by atoms with Crippen LogP contribution in [-0.2, 0) is 33.1 Å². The van der Waals surface area contributed by atoms with Gasteiger partial charge in [0.15, 0.2) is 16.6 Å². The normalized spacial score (nSPS) is 23.8. The number of ether oxygens (including phenoxy) is 2. The molecule has 3 amide bonds. The Morgan fingerprint density at radius 1 is 0.827 bits per heavy atom. The second-order valence-electron chi connectivity index (χ2n) is 20.1. The van der Waals surface area contributed by atoms with E-state index >= 15 is 0 Å². The summed E-state index contributed by atoms with van der Waals surface area (Å²) < 4.78 is 20.2. The molecule has 0 spiro atoms. The standard InChI is InChI=1S/C38H71N3O8SSi2/c1-23(28-27(24(2)49-52(19,20)38(12,13)14)32(44)41(28)51(17,18)37(9,10)11)30(29(42)33(45)47-35(3,4)5)50-25-21-26(31(43)39(15)16)40(22-25)34(46)48-36(6,7)8/h23-28,30H,21-22H2,1-20H3/t23-,24-,25+,26+,27-,28-,30?/m1/s1. The molecule has 2 aliphatic rings. The zero-order valence-electron chi connectivity index (χ0n) is 36.0. The summed E-state index contributed by atoms with van der Waals surface area (Å²) in [6.07, 6.45) is -0.750. The molecule has 2 heterocycles. The van der Waals surface area contributed by atoms with Crippen LogP contribution in [0, 0.1) is 11.8 Å². The number of esters is 1. The SMILES string of the molecule is C[C@@H](O[Si](C)(C)C(C)(C)C)[C@H]1C(=O)N([Si](C)(C)C(C)(C)C)[C@@H]1[C@@H](C)C(S[C@H]1C[C@@H](C(=O)N(C)C)N(C(=O)OC(C)(C)C)C1)C(=O)C(=O)OC(C)(C)C. The third-order valence-corrected chi connectivity index (χ3v) is 22.9. The van der Waals surface area contributed by atoms with Gasteiger partial charge in [-0.15, -0.1) is 11.8 Å². The van der Waals surface area contributed by atoms with Gasteiger partial charge < -0.3 is 23.4 Å². The summed E-state index contributed by atoms with van der Waals surface area (Å²) >= 11 is 1.30. The van der Waals surface area contributed by atoms with Crippen molar-refractivity contribution < 1.29 is 37.9 Å². The van der Waals surface area contributed by atoms with Crippen molar-refractivity contribution >= 4 is 58.0 Å². The van der Waals surface area contributed by atoms with Gasteiger partial charge in [-0.2, -0.15) is 0 Å². The second kappa shape index (κ2) is 15.7. The van der Waals surface area contributed by atoms with Gasteiger partial charge in [0.05, 0.1) is 17.3 Å². The molecule has 0 radical (unpaired) electrons. The van der Waals surface area contributed by atoms with E-state index in [0.717, 1.165) is 0 Å². The summed E-state index contributed by atoms with van der Waals surface area (Å²) in [5.41, 5.74) is -1.68. The Hall–Kier alpha value is -1.91. The Bertz CT molecular complexity index is 1360. The molecule has 11 nitrogen and oxygen atoms in total. The molecule has 0 saturated carbocycles. The minimum atomic E-state index is -2.49. The van der Waals surface area contributed by atoms with Gasteiger partial charge in [0.25, 0.3) is 5.78 Å². The zero-order chi connectivity index (χ0) is 40.9. The third-order valence-electron chi connectivity index (χ3n) is 11.2. The van der Waals surface area contributed by atoms with Crippen LogP contribution in [0.5, 0.6) is 0 Å². The molecule has 2 rings (SSSR count). The van der Waals surface area contributed by atoms with Crippen LogP contribution in [0.25, 0.3) is 0 Å². The monoisotopic (exact) mass is 785 g/mol. The van der Waals surface area contributed by atoms with Crippen molar-refractivity contribution in [1.82, 2.24) is 14.4 Å². The summed E-state index contributed by atoms with van der Waals surface area (Å²) in [7, 11) is -1.49. The van der Waals surface area contributed by atoms with Gasteiger partial charge in [-0.05, 0) is 84.0 Å². The van der Waals surface area contributed by atoms with E-state index < -0.39 is 74.8 Å². The van der Waals surface area contributed by atoms with Crippen molar-refractivity contribution in [2.75, 3.05) is 20.6 Å². The molecule has 7 atom stereocenters. The number of thioether (sulfide) groups is 1. The number of likely N-dealkylation sites (tertiary alicyclic amines) is 1. The lowest BCUT2D eigenvalue weighted by molar-refractivity contribution is -0.164. The van der Waals surface area contributed by atoms with Gasteiger partial charge in [-0.25, -0.2) is 9.59 Å². The summed E-state index contributed by atoms with van der Waals surface area (Å²) in [5, 5.41) is -1.58. The molecule has 1 unspecified atom stereocenters. The Morgan fingerprint density at radius 3 is 1.75 bits per heavy atom. The quantitative estimate of drug-likeness (QED) is 0.0917. The first-order valence-electron chi connectivity index (χ1n) is 18.7. The van der Waals surface area contributed by atoms with Gasteiger partial charge >= 0.3 is 12.1 Å². The Kier molecular flexibility index (Phi) is 13.9. The molecular weight excluding hydrogens is 715 g/mol. The van der Waals surface area contributed by atoms with Crippen molar-refractivity contribution in [1.29, 1.82) is 0 Å². The van der Waals surface area contributed by atoms with Crippen LogP contribution in [0.2, 0.25) is 36.3 Å². The summed E-state index contributed by atoms with van der Waals surface area (Å²) in [5.74, 6) is -2.86. The number of carbonyl (C=O) groups is 5. The smallest absolute Gasteiger partial charge is 0.411 e. The average Bonchev–Trinajstić information content (AvgIpc) is 3.33. The van der Waals surface area contributed by atoms with Crippen molar-refractivity contribution in [3.05, 3.63) is 0 Å². The van der Waals surface area contributed by atoms with Gasteiger partial charge in [0, 0.05) is 31.9 Å². The molecule has 0 N–H and O–H groups in total. The minimum Gasteiger partial charge on any atom is -0.454 e. The molecule has 0 aromatic heterocycles. The van der Waals surface area contributed by atoms with Crippen molar-refractivity contribution in [3.8, 4) is 0 Å². The molecule has 2 saturated heterocycles. The minimum absolute atomic E-state index is 0.0247. The van der Waals surface area contributed by atoms with Crippen molar-refractivity contribution in [2.24, 2.45) is 11.8 Å². The summed E-state index contributed by atoms with van der Waals surface area (Å²) in [4.78, 5) is 72.2. The van der Waals surface area contributed by atoms with Gasteiger partial charge in [-0.1, -0.05) is 61.6 Å². The van der Waals surface area contributed by atoms with Crippen LogP contribution in [0.4, 0.5) is 4.79 Å². The molecule has 2 fully saturated rings. The lowest BCUT2D eigenvalue weighted by atomic mass is 9.76. The molecule has 0 bridgehead atoms. The molecule has 0 aliphatic carbocycles. The Morgan fingerprint density at radius 2 is 1.33 bits per heavy atom. The lowest BCUT2D eigenvalue weighted by Crippen LogP contribution is -2.77. The largest absolute Gasteiger partial charge is 0.454 e. The molecule has 2 aliphatic heterocycles. The highest BCUT2D eigenvalue weighted by Crippen LogP contribution is 2.51. The second-order valence-corrected chi connectivity index (χ2v) is 31.4. The fourth-order valence-corrected chi connectivity index (χ4v) is 12.1. The maximum absolute atomic E-state index is 14.4. The Labute approximate surface area is 321 Å². The van der Waals surface area contributed by atoms with Gasteiger partial charge in [-0.3, -0.25) is 19.3 Å². The van der Waals surface area contributed by atoms with E-state index in [2.05, 4.69) is 67.7 Å². The molecule has 14 heteroatoms. The fraction of sp³-hybridized carbons (Fsp3) is 0.868. The topological polar surface area (TPSA) is 123 Å². The summed E-state index contributed by atoms with van der Waals surface area (Å²) in [6.45, 7) is 36.2. The number of hydrogen-bond acceptors (Lipinski definition) is 9. The number of hydrogen-bond donors (Lipinski definition) is 0. The van der Waals surface area contributed by atoms with E-state index in [0.29, 0.717) is 0 Å². The fourth-order valence-electron chi connectivity index (χ4n) is 6.50. The maximum Gasteiger partial charge on any atom is 0.411 e. The zero-order valence-corrected chi connectivity index (χ0v) is 38.8. The van der Waals surface area contributed by atoms with Crippen LogP contribution in [0.15, 0.2) is 0 Å². The van der Waals surface area contributed by atoms with Crippen LogP contribution in [0.3, 0.4) is 0 Å². The Balaban J connectivity index is 2.70. The number of nitrogens with zero attached hydrogens (tertiary/aromatic N) is 3. The highest BCUT2D eigenvalue weighted by Gasteiger charge is 2.62. The number of amides is 3. The lowest BCUT2D eigenvalue weighted by Gasteiger charge is -2.62. The molecule has 52 heavy (non-hydrogen) atoms. The van der Waals surface area contributed by atoms with Crippen molar-refractivity contribution in [3.63, 3.8) is 0 Å². The molecule has 300 valence electrons. The molecule has 0 aromatic carbocycles. The van der Waals surface area contributed by atoms with E-state index in [1.165, 1.54) is 21.6 Å². The first-order valence-corrected chi connectivity index (χ1v) is 25.5. The number of β-lactam (4-membered cyclic amide) rings is 1. The van der Waals surface area contributed by atoms with Crippen LogP contribution < -0.4 is 0 Å². The molecular formula is C38H71N3O8SSi2. The highest BCUT2D eigenvalue weighted by molar-refractivity contribution is 8.01. The number of likely N-dealkylation sites (N-methyl/N-ethyl adjacent to an activating group) is 1. The van der Waals surface area contributed by atoms with Crippen LogP contribution in [-0.4, -0.2) is 121 Å². The van der Waals surface area contributed by atoms with Crippen LogP contribution in [0.1, 0.15) is 103 Å². The maximum atomic E-state index is 14.4. The predicted molar refractivity (Wildman–Crippen MR) is 214 cm³/mol. The summed E-state index contributed by atoms with van der Waals surface area (Å²) in [6, 6.07) is -1.19. The highest BCUT2D eigenvalue weighted by atomic mass is 32.2. The van der Waals surface area contributed by atoms with E-state index in [4.69, 9.17) is 13.9 Å². The predicted octanol–water partition coefficient (Wildman–Crippen LogP) is 7.34. The van der Waals surface area contributed by atoms with Gasteiger partial charge in [0.1, 0.15) is 17.2 Å². The first kappa shape index (κ1) is 46.2. The first-order chi connectivity index (χ1) is 23.1. The van der Waals surface area contributed by atoms with E-state index in [1.54, 1.807) is 55.6 Å². The van der Waals surface area contributed by atoms with E-state index in [-0.39, 0.29) is 46.1 Å². The van der Waals surface area contributed by atoms with Gasteiger partial charge in [0.2, 0.25) is 11.8 Å². The molecule has 0 aromatic rings.